The molecule has 0 aromatic heterocycles. The van der Waals surface area contributed by atoms with Gasteiger partial charge in [0.1, 0.15) is 6.04 Å². The van der Waals surface area contributed by atoms with Crippen molar-refractivity contribution in [2.75, 3.05) is 0 Å². The molecular weight excluding hydrogens is 318 g/mol. The van der Waals surface area contributed by atoms with E-state index in [0.29, 0.717) is 11.8 Å². The van der Waals surface area contributed by atoms with Crippen LogP contribution in [0.5, 0.6) is 0 Å². The van der Waals surface area contributed by atoms with Gasteiger partial charge in [0.25, 0.3) is 0 Å². The topological polar surface area (TPSA) is 74.7 Å². The highest BCUT2D eigenvalue weighted by molar-refractivity contribution is 6.08. The zero-order chi connectivity index (χ0) is 17.3. The Morgan fingerprint density at radius 2 is 1.60 bits per heavy atom. The van der Waals surface area contributed by atoms with E-state index in [1.54, 1.807) is 0 Å². The third-order valence-electron chi connectivity index (χ3n) is 6.57. The van der Waals surface area contributed by atoms with Crippen LogP contribution in [0.3, 0.4) is 0 Å². The molecule has 2 amide bonds. The van der Waals surface area contributed by atoms with Gasteiger partial charge >= 0.3 is 5.97 Å². The SMILES string of the molecule is O=C(O)[C@H](Cc1ccccc1)N1C(=O)[C@@H]2[C@H]3C=C[C@@H]([C@@H]4C[C@@H]34)[C@H]2C1=O. The molecule has 5 nitrogen and oxygen atoms in total. The third kappa shape index (κ3) is 1.98. The summed E-state index contributed by atoms with van der Waals surface area (Å²) in [7, 11) is 0. The molecule has 7 atom stereocenters. The van der Waals surface area contributed by atoms with E-state index in [-0.39, 0.29) is 41.9 Å². The van der Waals surface area contributed by atoms with Gasteiger partial charge in [0, 0.05) is 6.42 Å². The number of imide groups is 1. The lowest BCUT2D eigenvalue weighted by atomic mass is 9.63. The van der Waals surface area contributed by atoms with Gasteiger partial charge < -0.3 is 5.11 Å². The fourth-order valence-corrected chi connectivity index (χ4v) is 5.41. The second-order valence-electron chi connectivity index (χ2n) is 7.74. The average molecular weight is 337 g/mol. The van der Waals surface area contributed by atoms with Gasteiger partial charge in [0.15, 0.2) is 0 Å². The van der Waals surface area contributed by atoms with Gasteiger partial charge in [-0.05, 0) is 35.7 Å². The quantitative estimate of drug-likeness (QED) is 0.671. The second kappa shape index (κ2) is 5.04. The zero-order valence-electron chi connectivity index (χ0n) is 13.6. The highest BCUT2D eigenvalue weighted by Crippen LogP contribution is 2.65. The number of carboxylic acid groups (broad SMARTS) is 1. The number of nitrogens with zero attached hydrogens (tertiary/aromatic N) is 1. The first-order valence-electron chi connectivity index (χ1n) is 8.90. The maximum atomic E-state index is 13.0. The maximum Gasteiger partial charge on any atom is 0.327 e. The van der Waals surface area contributed by atoms with Crippen LogP contribution in [-0.2, 0) is 20.8 Å². The Morgan fingerprint density at radius 1 is 1.04 bits per heavy atom. The number of carbonyl (C=O) groups excluding carboxylic acids is 2. The monoisotopic (exact) mass is 337 g/mol. The van der Waals surface area contributed by atoms with Crippen LogP contribution in [0.2, 0.25) is 0 Å². The standard InChI is InChI=1S/C20H19NO4/c22-18-16-11-6-7-12(14-9-13(11)14)17(16)19(23)21(18)15(20(24)25)8-10-4-2-1-3-5-10/h1-7,11-17H,8-9H2,(H,24,25)/t11-,12-,13-,14-,15-,16+,17+/m0/s1. The minimum absolute atomic E-state index is 0.118. The first-order valence-corrected chi connectivity index (χ1v) is 8.90. The van der Waals surface area contributed by atoms with Gasteiger partial charge in [-0.1, -0.05) is 42.5 Å². The number of benzene rings is 1. The van der Waals surface area contributed by atoms with Gasteiger partial charge in [-0.3, -0.25) is 14.5 Å². The molecule has 1 heterocycles. The van der Waals surface area contributed by atoms with E-state index in [1.807, 2.05) is 30.3 Å². The lowest BCUT2D eigenvalue weighted by molar-refractivity contribution is -0.155. The van der Waals surface area contributed by atoms with Gasteiger partial charge in [-0.2, -0.15) is 0 Å². The highest BCUT2D eigenvalue weighted by Gasteiger charge is 2.67. The second-order valence-corrected chi connectivity index (χ2v) is 7.74. The van der Waals surface area contributed by atoms with Crippen LogP contribution in [0, 0.1) is 35.5 Å². The van der Waals surface area contributed by atoms with Crippen LogP contribution in [0.4, 0.5) is 0 Å². The van der Waals surface area contributed by atoms with Crippen molar-refractivity contribution in [2.45, 2.75) is 18.9 Å². The summed E-state index contributed by atoms with van der Waals surface area (Å²) in [6.45, 7) is 0. The summed E-state index contributed by atoms with van der Waals surface area (Å²) in [6.07, 6.45) is 5.45. The van der Waals surface area contributed by atoms with Crippen LogP contribution < -0.4 is 0 Å². The van der Waals surface area contributed by atoms with Crippen LogP contribution in [-0.4, -0.2) is 33.8 Å². The first kappa shape index (κ1) is 14.9. The summed E-state index contributed by atoms with van der Waals surface area (Å²) in [4.78, 5) is 39.0. The smallest absolute Gasteiger partial charge is 0.327 e. The Hall–Kier alpha value is -2.43. The molecule has 2 bridgehead atoms. The van der Waals surface area contributed by atoms with E-state index >= 15 is 0 Å². The van der Waals surface area contributed by atoms with E-state index in [4.69, 9.17) is 0 Å². The summed E-state index contributed by atoms with van der Waals surface area (Å²) in [5.41, 5.74) is 0.814. The molecule has 5 heteroatoms. The number of allylic oxidation sites excluding steroid dienone is 2. The zero-order valence-corrected chi connectivity index (χ0v) is 13.6. The number of aliphatic carboxylic acids is 1. The molecule has 128 valence electrons. The number of hydrogen-bond acceptors (Lipinski definition) is 3. The molecule has 0 radical (unpaired) electrons. The number of likely N-dealkylation sites (tertiary alicyclic amines) is 1. The predicted molar refractivity (Wildman–Crippen MR) is 88.1 cm³/mol. The van der Waals surface area contributed by atoms with E-state index in [1.165, 1.54) is 0 Å². The molecular formula is C20H19NO4. The van der Waals surface area contributed by atoms with Crippen molar-refractivity contribution >= 4 is 17.8 Å². The number of carbonyl (C=O) groups is 3. The van der Waals surface area contributed by atoms with Crippen molar-refractivity contribution in [2.24, 2.45) is 35.5 Å². The molecule has 6 rings (SSSR count). The van der Waals surface area contributed by atoms with Crippen LogP contribution in [0.25, 0.3) is 0 Å². The van der Waals surface area contributed by atoms with Crippen LogP contribution >= 0.6 is 0 Å². The van der Waals surface area contributed by atoms with Crippen molar-refractivity contribution in [3.63, 3.8) is 0 Å². The van der Waals surface area contributed by atoms with Gasteiger partial charge in [0.05, 0.1) is 11.8 Å². The molecule has 0 spiro atoms. The Balaban J connectivity index is 1.48. The Morgan fingerprint density at radius 3 is 2.12 bits per heavy atom. The van der Waals surface area contributed by atoms with Gasteiger partial charge in [-0.25, -0.2) is 4.79 Å². The van der Waals surface area contributed by atoms with Crippen molar-refractivity contribution < 1.29 is 19.5 Å². The highest BCUT2D eigenvalue weighted by atomic mass is 16.4. The molecule has 1 N–H and O–H groups in total. The Bertz CT molecular complexity index is 765. The van der Waals surface area contributed by atoms with Crippen LogP contribution in [0.15, 0.2) is 42.5 Å². The molecule has 1 saturated heterocycles. The molecule has 25 heavy (non-hydrogen) atoms. The Kier molecular flexibility index (Phi) is 3.00. The fraction of sp³-hybridized carbons (Fsp3) is 0.450. The van der Waals surface area contributed by atoms with Crippen LogP contribution in [0.1, 0.15) is 12.0 Å². The van der Waals surface area contributed by atoms with Crippen molar-refractivity contribution in [1.29, 1.82) is 0 Å². The molecule has 4 aliphatic carbocycles. The summed E-state index contributed by atoms with van der Waals surface area (Å²) in [5.74, 6) is -1.08. The summed E-state index contributed by atoms with van der Waals surface area (Å²) < 4.78 is 0. The van der Waals surface area contributed by atoms with Gasteiger partial charge in [0.2, 0.25) is 11.8 Å². The molecule has 1 aliphatic heterocycles. The van der Waals surface area contributed by atoms with E-state index in [0.717, 1.165) is 16.9 Å². The molecule has 1 aromatic rings. The minimum atomic E-state index is -1.12. The average Bonchev–Trinajstić information content (AvgIpc) is 3.39. The molecule has 5 aliphatic rings. The summed E-state index contributed by atoms with van der Waals surface area (Å²) in [5, 5.41) is 9.71. The molecule has 3 fully saturated rings. The molecule has 0 unspecified atom stereocenters. The molecule has 1 aromatic carbocycles. The normalized spacial score (nSPS) is 38.5. The van der Waals surface area contributed by atoms with E-state index in [2.05, 4.69) is 12.2 Å². The first-order chi connectivity index (χ1) is 12.1. The summed E-state index contributed by atoms with van der Waals surface area (Å²) >= 11 is 0. The van der Waals surface area contributed by atoms with Crippen molar-refractivity contribution in [3.05, 3.63) is 48.0 Å². The lowest BCUT2D eigenvalue weighted by Crippen LogP contribution is -2.47. The summed E-state index contributed by atoms with van der Waals surface area (Å²) in [6, 6.07) is 8.06. The number of carboxylic acids is 1. The number of amides is 2. The predicted octanol–water partition coefficient (Wildman–Crippen LogP) is 1.74. The molecule has 2 saturated carbocycles. The Labute approximate surface area is 145 Å². The maximum absolute atomic E-state index is 13.0. The van der Waals surface area contributed by atoms with Crippen molar-refractivity contribution in [3.8, 4) is 0 Å². The minimum Gasteiger partial charge on any atom is -0.480 e. The largest absolute Gasteiger partial charge is 0.480 e. The van der Waals surface area contributed by atoms with E-state index in [9.17, 15) is 19.5 Å². The van der Waals surface area contributed by atoms with Crippen molar-refractivity contribution in [1.82, 2.24) is 4.90 Å². The van der Waals surface area contributed by atoms with E-state index < -0.39 is 12.0 Å². The fourth-order valence-electron chi connectivity index (χ4n) is 5.41. The number of hydrogen-bond donors (Lipinski definition) is 1. The number of rotatable bonds is 4. The lowest BCUT2D eigenvalue weighted by Gasteiger charge is -2.37. The third-order valence-corrected chi connectivity index (χ3v) is 6.57. The van der Waals surface area contributed by atoms with Gasteiger partial charge in [-0.15, -0.1) is 0 Å².